The van der Waals surface area contributed by atoms with Gasteiger partial charge < -0.3 is 5.11 Å². The van der Waals surface area contributed by atoms with Crippen LogP contribution in [0.1, 0.15) is 100 Å². The Kier molecular flexibility index (Phi) is 7.97. The Balaban J connectivity index is 2.21. The number of ketones is 2. The molecule has 1 aliphatic carbocycles. The van der Waals surface area contributed by atoms with E-state index < -0.39 is 17.3 Å². The molecule has 5 heteroatoms. The van der Waals surface area contributed by atoms with E-state index in [-0.39, 0.29) is 32.8 Å². The number of carbonyl (C=O) groups is 2. The third kappa shape index (κ3) is 6.57. The van der Waals surface area contributed by atoms with E-state index in [0.717, 1.165) is 32.3 Å². The molecule has 0 bridgehead atoms. The van der Waals surface area contributed by atoms with Crippen LogP contribution in [0.25, 0.3) is 6.08 Å². The molecular weight excluding hydrogens is 502 g/mol. The minimum absolute atomic E-state index is 0.0595. The molecule has 1 aliphatic heterocycles. The van der Waals surface area contributed by atoms with Gasteiger partial charge in [-0.3, -0.25) is 9.59 Å². The fourth-order valence-corrected chi connectivity index (χ4v) is 5.98. The summed E-state index contributed by atoms with van der Waals surface area (Å²) in [6, 6.07) is 4.03. The van der Waals surface area contributed by atoms with Gasteiger partial charge in [-0.1, -0.05) is 101 Å². The van der Waals surface area contributed by atoms with Crippen LogP contribution >= 0.6 is 11.8 Å². The first kappa shape index (κ1) is 30.9. The molecule has 0 saturated heterocycles. The van der Waals surface area contributed by atoms with Gasteiger partial charge in [0.1, 0.15) is 7.05 Å². The lowest BCUT2D eigenvalue weighted by atomic mass is 9.85. The second-order valence-electron chi connectivity index (χ2n) is 14.8. The molecule has 1 aromatic rings. The van der Waals surface area contributed by atoms with Gasteiger partial charge in [0.05, 0.1) is 0 Å². The lowest BCUT2D eigenvalue weighted by Crippen LogP contribution is -2.47. The number of Topliss-reactive ketones (excluding diaryl/α,β-unsaturated/α-hetero) is 2. The summed E-state index contributed by atoms with van der Waals surface area (Å²) >= 11 is 1.74. The number of carbonyl (C=O) groups excluding carboxylic acids is 2. The van der Waals surface area contributed by atoms with Gasteiger partial charge in [-0.05, 0) is 56.1 Å². The zero-order valence-corrected chi connectivity index (χ0v) is 26.9. The van der Waals surface area contributed by atoms with Crippen molar-refractivity contribution in [2.75, 3.05) is 0 Å². The fraction of sp³-hybridized carbons (Fsp3) is 0.500. The van der Waals surface area contributed by atoms with Gasteiger partial charge in [-0.15, -0.1) is 0 Å². The molecule has 0 radical (unpaired) electrons. The van der Waals surface area contributed by atoms with Crippen LogP contribution in [0.3, 0.4) is 0 Å². The number of thioether (sulfide) groups is 1. The molecule has 0 N–H and O–H groups in total. The van der Waals surface area contributed by atoms with Gasteiger partial charge in [-0.2, -0.15) is 0 Å². The Labute approximate surface area is 239 Å². The summed E-state index contributed by atoms with van der Waals surface area (Å²) in [5.74, 6) is -1.98. The van der Waals surface area contributed by atoms with Crippen molar-refractivity contribution in [3.8, 4) is 0 Å². The van der Waals surface area contributed by atoms with E-state index in [1.165, 1.54) is 0 Å². The molecule has 3 rings (SSSR count). The second-order valence-corrected chi connectivity index (χ2v) is 15.9. The average molecular weight is 548 g/mol. The van der Waals surface area contributed by atoms with Crippen molar-refractivity contribution in [2.45, 2.75) is 93.9 Å². The Bertz CT molecular complexity index is 1320. The van der Waals surface area contributed by atoms with Gasteiger partial charge in [0.25, 0.3) is 0 Å². The zero-order valence-electron chi connectivity index (χ0n) is 26.0. The van der Waals surface area contributed by atoms with Crippen molar-refractivity contribution in [1.29, 1.82) is 0 Å². The van der Waals surface area contributed by atoms with Gasteiger partial charge >= 0.3 is 0 Å². The molecular formula is C34H45NO3S. The monoisotopic (exact) mass is 547 g/mol. The molecule has 0 spiro atoms. The topological polar surface area (TPSA) is 61.1 Å². The van der Waals surface area contributed by atoms with Gasteiger partial charge in [-0.25, -0.2) is 4.57 Å². The molecule has 1 aromatic heterocycles. The largest absolute Gasteiger partial charge is 0.871 e. The van der Waals surface area contributed by atoms with Crippen LogP contribution in [0.15, 0.2) is 62.6 Å². The van der Waals surface area contributed by atoms with Crippen LogP contribution in [0.5, 0.6) is 0 Å². The van der Waals surface area contributed by atoms with E-state index in [0.29, 0.717) is 0 Å². The first-order valence-corrected chi connectivity index (χ1v) is 14.4. The Morgan fingerprint density at radius 1 is 0.692 bits per heavy atom. The number of rotatable bonds is 2. The van der Waals surface area contributed by atoms with E-state index in [2.05, 4.69) is 87.7 Å². The molecule has 0 amide bonds. The highest BCUT2D eigenvalue weighted by Gasteiger charge is 2.34. The molecule has 2 heterocycles. The van der Waals surface area contributed by atoms with Crippen molar-refractivity contribution < 1.29 is 19.3 Å². The number of aromatic nitrogens is 1. The summed E-state index contributed by atoms with van der Waals surface area (Å²) in [4.78, 5) is 28.5. The smallest absolute Gasteiger partial charge is 0.232 e. The summed E-state index contributed by atoms with van der Waals surface area (Å²) in [6.45, 7) is 25.7. The van der Waals surface area contributed by atoms with Gasteiger partial charge in [0.15, 0.2) is 11.4 Å². The normalized spacial score (nSPS) is 18.7. The van der Waals surface area contributed by atoms with Crippen LogP contribution in [-0.4, -0.2) is 11.6 Å². The lowest BCUT2D eigenvalue weighted by Gasteiger charge is -2.32. The van der Waals surface area contributed by atoms with Crippen LogP contribution in [0.4, 0.5) is 0 Å². The van der Waals surface area contributed by atoms with Crippen molar-refractivity contribution in [1.82, 2.24) is 0 Å². The third-order valence-corrected chi connectivity index (χ3v) is 8.87. The molecule has 0 unspecified atom stereocenters. The van der Waals surface area contributed by atoms with E-state index >= 15 is 0 Å². The first-order chi connectivity index (χ1) is 17.5. The van der Waals surface area contributed by atoms with Crippen molar-refractivity contribution in [3.63, 3.8) is 0 Å². The number of hydrogen-bond acceptors (Lipinski definition) is 4. The predicted octanol–water partition coefficient (Wildman–Crippen LogP) is 6.79. The minimum Gasteiger partial charge on any atom is -0.871 e. The van der Waals surface area contributed by atoms with E-state index in [1.54, 1.807) is 23.9 Å². The summed E-state index contributed by atoms with van der Waals surface area (Å²) in [7, 11) is 2.05. The van der Waals surface area contributed by atoms with Gasteiger partial charge in [0, 0.05) is 34.1 Å². The average Bonchev–Trinajstić information content (AvgIpc) is 2.95. The predicted molar refractivity (Wildman–Crippen MR) is 161 cm³/mol. The van der Waals surface area contributed by atoms with Crippen LogP contribution in [-0.2, 0) is 27.5 Å². The number of nitrogens with zero attached hydrogens (tertiary/aromatic N) is 1. The van der Waals surface area contributed by atoms with Crippen molar-refractivity contribution >= 4 is 29.4 Å². The maximum absolute atomic E-state index is 13.5. The molecule has 4 nitrogen and oxygen atoms in total. The van der Waals surface area contributed by atoms with Gasteiger partial charge in [0.2, 0.25) is 11.6 Å². The van der Waals surface area contributed by atoms with Crippen LogP contribution < -0.4 is 9.67 Å². The third-order valence-electron chi connectivity index (χ3n) is 6.97. The van der Waals surface area contributed by atoms with Crippen molar-refractivity contribution in [2.24, 2.45) is 17.9 Å². The highest BCUT2D eigenvalue weighted by molar-refractivity contribution is 8.06. The SMILES string of the molecule is C[n+]1c(C(C)(C)C)cc(C=C2C(=O)C(=O)C(C=C3C=C(C(C)(C)C)SC(C(C)(C)C)=C3)=C2[O-])cc1C(C)(C)C. The standard InChI is InChI=1S/C34H45NO3S/c1-31(2,3)24-16-20(17-25(35(24)13)32(4,5)6)14-22-28(36)23(30(38)29(22)37)15-21-18-26(33(7,8)9)39-27(19-21)34(10,11)12/h14-19H,1-13H3. The second kappa shape index (κ2) is 10.1. The molecule has 39 heavy (non-hydrogen) atoms. The number of pyridine rings is 1. The summed E-state index contributed by atoms with van der Waals surface area (Å²) in [6.07, 6.45) is 7.26. The lowest BCUT2D eigenvalue weighted by molar-refractivity contribution is -0.693. The van der Waals surface area contributed by atoms with Crippen LogP contribution in [0.2, 0.25) is 0 Å². The summed E-state index contributed by atoms with van der Waals surface area (Å²) < 4.78 is 2.19. The molecule has 2 aliphatic rings. The molecule has 210 valence electrons. The molecule has 0 atom stereocenters. The quantitative estimate of drug-likeness (QED) is 0.232. The van der Waals surface area contributed by atoms with E-state index in [4.69, 9.17) is 0 Å². The van der Waals surface area contributed by atoms with E-state index in [1.807, 2.05) is 31.3 Å². The Morgan fingerprint density at radius 2 is 1.13 bits per heavy atom. The maximum atomic E-state index is 13.5. The van der Waals surface area contributed by atoms with Crippen LogP contribution in [0, 0.1) is 10.8 Å². The first-order valence-electron chi connectivity index (χ1n) is 13.6. The minimum atomic E-state index is -0.736. The highest BCUT2D eigenvalue weighted by atomic mass is 32.2. The maximum Gasteiger partial charge on any atom is 0.232 e. The molecule has 0 saturated carbocycles. The Hall–Kier alpha value is -2.66. The fourth-order valence-electron chi connectivity index (χ4n) is 4.74. The Morgan fingerprint density at radius 3 is 1.51 bits per heavy atom. The molecule has 0 aromatic carbocycles. The number of hydrogen-bond donors (Lipinski definition) is 0. The number of allylic oxidation sites excluding steroid dienone is 8. The zero-order chi connectivity index (χ0) is 29.9. The summed E-state index contributed by atoms with van der Waals surface area (Å²) in [5.41, 5.74) is 3.06. The summed E-state index contributed by atoms with van der Waals surface area (Å²) in [5, 5.41) is 13.5. The van der Waals surface area contributed by atoms with Crippen molar-refractivity contribution in [3.05, 3.63) is 79.6 Å². The molecule has 0 fully saturated rings. The van der Waals surface area contributed by atoms with E-state index in [9.17, 15) is 14.7 Å². The highest BCUT2D eigenvalue weighted by Crippen LogP contribution is 2.49.